The molecular weight excluding hydrogens is 228 g/mol. The van der Waals surface area contributed by atoms with Gasteiger partial charge in [0.1, 0.15) is 0 Å². The van der Waals surface area contributed by atoms with E-state index in [0.717, 1.165) is 18.7 Å². The van der Waals surface area contributed by atoms with E-state index in [-0.39, 0.29) is 10.8 Å². The minimum atomic E-state index is 0.177. The molecule has 0 radical (unpaired) electrons. The number of alkyl halides is 1. The van der Waals surface area contributed by atoms with Crippen LogP contribution in [0.25, 0.3) is 0 Å². The quantitative estimate of drug-likeness (QED) is 0.626. The van der Waals surface area contributed by atoms with Gasteiger partial charge in [-0.05, 0) is 34.8 Å². The largest absolute Gasteiger partial charge is 0.127 e. The SMILES string of the molecule is CCC(C)(C)c1ccc(C(C)(C)CCCl)cc1. The van der Waals surface area contributed by atoms with E-state index in [1.165, 1.54) is 11.1 Å². The van der Waals surface area contributed by atoms with Crippen LogP contribution < -0.4 is 0 Å². The molecule has 0 aliphatic rings. The first kappa shape index (κ1) is 14.6. The van der Waals surface area contributed by atoms with Crippen LogP contribution in [-0.4, -0.2) is 5.88 Å². The summed E-state index contributed by atoms with van der Waals surface area (Å²) in [4.78, 5) is 0. The van der Waals surface area contributed by atoms with Crippen LogP contribution in [0, 0.1) is 0 Å². The molecule has 1 aromatic rings. The van der Waals surface area contributed by atoms with Gasteiger partial charge in [-0.3, -0.25) is 0 Å². The molecule has 1 rings (SSSR count). The van der Waals surface area contributed by atoms with Crippen LogP contribution in [0.4, 0.5) is 0 Å². The molecule has 0 amide bonds. The summed E-state index contributed by atoms with van der Waals surface area (Å²) >= 11 is 5.86. The Balaban J connectivity index is 2.96. The van der Waals surface area contributed by atoms with E-state index in [1.807, 2.05) is 0 Å². The summed E-state index contributed by atoms with van der Waals surface area (Å²) in [6, 6.07) is 9.07. The third-order valence-corrected chi connectivity index (χ3v) is 4.24. The average Bonchev–Trinajstić information content (AvgIpc) is 2.29. The minimum absolute atomic E-state index is 0.177. The number of rotatable bonds is 5. The maximum atomic E-state index is 5.86. The van der Waals surface area contributed by atoms with E-state index in [4.69, 9.17) is 11.6 Å². The summed E-state index contributed by atoms with van der Waals surface area (Å²) in [6.07, 6.45) is 2.18. The molecule has 0 N–H and O–H groups in total. The number of benzene rings is 1. The zero-order valence-corrected chi connectivity index (χ0v) is 12.6. The zero-order chi connectivity index (χ0) is 13.1. The highest BCUT2D eigenvalue weighted by atomic mass is 35.5. The van der Waals surface area contributed by atoms with Crippen molar-refractivity contribution in [3.8, 4) is 0 Å². The molecule has 0 saturated heterocycles. The lowest BCUT2D eigenvalue weighted by Crippen LogP contribution is -2.19. The van der Waals surface area contributed by atoms with Crippen molar-refractivity contribution in [1.82, 2.24) is 0 Å². The van der Waals surface area contributed by atoms with Gasteiger partial charge in [0.2, 0.25) is 0 Å². The normalized spacial score (nSPS) is 12.8. The fourth-order valence-corrected chi connectivity index (χ4v) is 2.43. The van der Waals surface area contributed by atoms with Gasteiger partial charge in [0, 0.05) is 5.88 Å². The summed E-state index contributed by atoms with van der Waals surface area (Å²) in [5.41, 5.74) is 3.26. The van der Waals surface area contributed by atoms with Crippen molar-refractivity contribution in [2.45, 2.75) is 58.3 Å². The maximum absolute atomic E-state index is 5.86. The lowest BCUT2D eigenvalue weighted by molar-refractivity contribution is 0.497. The van der Waals surface area contributed by atoms with Gasteiger partial charge in [0.15, 0.2) is 0 Å². The van der Waals surface area contributed by atoms with Gasteiger partial charge in [-0.15, -0.1) is 11.6 Å². The topological polar surface area (TPSA) is 0 Å². The van der Waals surface area contributed by atoms with E-state index < -0.39 is 0 Å². The fraction of sp³-hybridized carbons (Fsp3) is 0.625. The predicted octanol–water partition coefficient (Wildman–Crippen LogP) is 5.28. The van der Waals surface area contributed by atoms with Crippen molar-refractivity contribution < 1.29 is 0 Å². The van der Waals surface area contributed by atoms with E-state index in [1.54, 1.807) is 0 Å². The number of hydrogen-bond acceptors (Lipinski definition) is 0. The third kappa shape index (κ3) is 3.48. The molecule has 96 valence electrons. The van der Waals surface area contributed by atoms with Crippen molar-refractivity contribution in [3.05, 3.63) is 35.4 Å². The Morgan fingerprint density at radius 3 is 1.65 bits per heavy atom. The second kappa shape index (κ2) is 5.44. The van der Waals surface area contributed by atoms with Gasteiger partial charge in [-0.2, -0.15) is 0 Å². The Kier molecular flexibility index (Phi) is 4.66. The highest BCUT2D eigenvalue weighted by Gasteiger charge is 2.22. The lowest BCUT2D eigenvalue weighted by atomic mass is 9.78. The smallest absolute Gasteiger partial charge is 0.0231 e. The molecule has 0 heterocycles. The van der Waals surface area contributed by atoms with Crippen LogP contribution >= 0.6 is 11.6 Å². The Hall–Kier alpha value is -0.490. The van der Waals surface area contributed by atoms with Gasteiger partial charge in [0.05, 0.1) is 0 Å². The molecule has 0 atom stereocenters. The predicted molar refractivity (Wildman–Crippen MR) is 78.1 cm³/mol. The monoisotopic (exact) mass is 252 g/mol. The van der Waals surface area contributed by atoms with Gasteiger partial charge in [-0.1, -0.05) is 58.9 Å². The molecule has 0 spiro atoms. The molecule has 0 bridgehead atoms. The molecule has 0 aliphatic heterocycles. The van der Waals surface area contributed by atoms with E-state index in [0.29, 0.717) is 0 Å². The molecule has 1 heteroatoms. The fourth-order valence-electron chi connectivity index (χ4n) is 1.96. The summed E-state index contributed by atoms with van der Waals surface area (Å²) in [5.74, 6) is 0.717. The van der Waals surface area contributed by atoms with Crippen molar-refractivity contribution in [1.29, 1.82) is 0 Å². The van der Waals surface area contributed by atoms with Crippen molar-refractivity contribution in [2.24, 2.45) is 0 Å². The second-order valence-corrected chi connectivity index (χ2v) is 6.52. The first-order valence-electron chi connectivity index (χ1n) is 6.50. The number of halogens is 1. The molecule has 0 unspecified atom stereocenters. The van der Waals surface area contributed by atoms with E-state index in [9.17, 15) is 0 Å². The third-order valence-electron chi connectivity index (χ3n) is 4.05. The highest BCUT2D eigenvalue weighted by molar-refractivity contribution is 6.17. The van der Waals surface area contributed by atoms with Crippen LogP contribution in [0.2, 0.25) is 0 Å². The molecular formula is C16H25Cl. The Bertz CT molecular complexity index is 346. The van der Waals surface area contributed by atoms with Crippen LogP contribution in [0.5, 0.6) is 0 Å². The minimum Gasteiger partial charge on any atom is -0.127 e. The van der Waals surface area contributed by atoms with Crippen LogP contribution in [-0.2, 0) is 10.8 Å². The molecule has 0 saturated carbocycles. The summed E-state index contributed by atoms with van der Waals surface area (Å²) in [7, 11) is 0. The Morgan fingerprint density at radius 1 is 0.882 bits per heavy atom. The Morgan fingerprint density at radius 2 is 1.29 bits per heavy atom. The van der Waals surface area contributed by atoms with Crippen LogP contribution in [0.15, 0.2) is 24.3 Å². The van der Waals surface area contributed by atoms with E-state index >= 15 is 0 Å². The van der Waals surface area contributed by atoms with Gasteiger partial charge < -0.3 is 0 Å². The molecule has 0 nitrogen and oxygen atoms in total. The van der Waals surface area contributed by atoms with Gasteiger partial charge in [0.25, 0.3) is 0 Å². The van der Waals surface area contributed by atoms with Gasteiger partial charge in [-0.25, -0.2) is 0 Å². The first-order chi connectivity index (χ1) is 7.83. The summed E-state index contributed by atoms with van der Waals surface area (Å²) in [5, 5.41) is 0. The zero-order valence-electron chi connectivity index (χ0n) is 11.8. The number of hydrogen-bond donors (Lipinski definition) is 0. The maximum Gasteiger partial charge on any atom is 0.0231 e. The van der Waals surface area contributed by atoms with Crippen molar-refractivity contribution in [3.63, 3.8) is 0 Å². The Labute approximate surface area is 111 Å². The average molecular weight is 253 g/mol. The van der Waals surface area contributed by atoms with Crippen molar-refractivity contribution >= 4 is 11.6 Å². The van der Waals surface area contributed by atoms with Crippen LogP contribution in [0.1, 0.15) is 58.6 Å². The summed E-state index contributed by atoms with van der Waals surface area (Å²) < 4.78 is 0. The standard InChI is InChI=1S/C16H25Cl/c1-6-15(2,3)13-7-9-14(10-8-13)16(4,5)11-12-17/h7-10H,6,11-12H2,1-5H3. The van der Waals surface area contributed by atoms with Crippen LogP contribution in [0.3, 0.4) is 0 Å². The molecule has 0 aromatic heterocycles. The highest BCUT2D eigenvalue weighted by Crippen LogP contribution is 2.31. The first-order valence-corrected chi connectivity index (χ1v) is 7.04. The molecule has 0 aliphatic carbocycles. The lowest BCUT2D eigenvalue weighted by Gasteiger charge is -2.27. The molecule has 0 fully saturated rings. The molecule has 1 aromatic carbocycles. The second-order valence-electron chi connectivity index (χ2n) is 6.14. The summed E-state index contributed by atoms with van der Waals surface area (Å²) in [6.45, 7) is 11.4. The molecule has 17 heavy (non-hydrogen) atoms. The van der Waals surface area contributed by atoms with Crippen molar-refractivity contribution in [2.75, 3.05) is 5.88 Å². The van der Waals surface area contributed by atoms with E-state index in [2.05, 4.69) is 58.9 Å². The van der Waals surface area contributed by atoms with Gasteiger partial charge >= 0.3 is 0 Å².